The van der Waals surface area contributed by atoms with Gasteiger partial charge in [0, 0.05) is 12.2 Å². The predicted octanol–water partition coefficient (Wildman–Crippen LogP) is 2.93. The highest BCUT2D eigenvalue weighted by Crippen LogP contribution is 2.28. The zero-order valence-corrected chi connectivity index (χ0v) is 26.4. The first-order valence-electron chi connectivity index (χ1n) is 15.8. The average molecular weight is 628 g/mol. The van der Waals surface area contributed by atoms with Crippen LogP contribution in [0.4, 0.5) is 5.82 Å². The molecule has 4 unspecified atom stereocenters. The summed E-state index contributed by atoms with van der Waals surface area (Å²) in [7, 11) is 0. The monoisotopic (exact) mass is 627 g/mol. The first-order chi connectivity index (χ1) is 20.8. The Kier molecular flexibility index (Phi) is 19.0. The topological polar surface area (TPSA) is 179 Å². The van der Waals surface area contributed by atoms with Crippen LogP contribution in [0.2, 0.25) is 0 Å². The van der Waals surface area contributed by atoms with Gasteiger partial charge in [-0.05, 0) is 25.5 Å². The lowest BCUT2D eigenvalue weighted by atomic mass is 9.98. The molecule has 1 fully saturated rings. The molecule has 2 heterocycles. The van der Waals surface area contributed by atoms with Crippen molar-refractivity contribution in [3.8, 4) is 0 Å². The maximum atomic E-state index is 13.0. The van der Waals surface area contributed by atoms with Crippen LogP contribution in [0.15, 0.2) is 6.20 Å². The van der Waals surface area contributed by atoms with Gasteiger partial charge in [-0.3, -0.25) is 9.59 Å². The molecule has 13 heteroatoms. The summed E-state index contributed by atoms with van der Waals surface area (Å²) < 4.78 is 6.56. The van der Waals surface area contributed by atoms with Gasteiger partial charge >= 0.3 is 0 Å². The summed E-state index contributed by atoms with van der Waals surface area (Å²) in [4.78, 5) is 25.7. The number of aliphatic hydroxyl groups excluding tert-OH is 4. The third-order valence-electron chi connectivity index (χ3n) is 7.57. The molecular formula is C30H53N5O7S. The molecule has 1 aliphatic rings. The molecule has 0 bridgehead atoms. The first-order valence-corrected chi connectivity index (χ1v) is 17.0. The molecule has 246 valence electrons. The van der Waals surface area contributed by atoms with Crippen molar-refractivity contribution in [1.29, 1.82) is 0 Å². The van der Waals surface area contributed by atoms with Gasteiger partial charge in [-0.2, -0.15) is 11.8 Å². The van der Waals surface area contributed by atoms with Gasteiger partial charge in [-0.15, -0.1) is 5.10 Å². The van der Waals surface area contributed by atoms with E-state index in [1.165, 1.54) is 82.2 Å². The van der Waals surface area contributed by atoms with Gasteiger partial charge in [0.25, 0.3) is 0 Å². The maximum absolute atomic E-state index is 13.0. The fourth-order valence-electron chi connectivity index (χ4n) is 4.99. The smallest absolute Gasteiger partial charge is 0.249 e. The van der Waals surface area contributed by atoms with Crippen LogP contribution in [-0.4, -0.2) is 95.8 Å². The molecule has 2 amide bonds. The van der Waals surface area contributed by atoms with Crippen LogP contribution in [0.5, 0.6) is 0 Å². The number of nitrogens with one attached hydrogen (secondary N) is 2. The van der Waals surface area contributed by atoms with E-state index in [1.54, 1.807) is 6.42 Å². The molecule has 1 saturated heterocycles. The standard InChI is InChI=1S/C30H53N5O7S/c1-3-5-6-7-8-9-10-11-12-13-14-15-16-17-25(37)31-22(21-43-18-4-2)29(41)32-24-19-35(34-33-24)30-28(40)27(39)26(38)23(20-36)42-30/h4,19,22-23,26-28,30,36,38-40H,2-3,5-18,20-21H2,1H3,(H,31,37)(H,32,41)/t22-,23?,26?,27?,28?,30+/m1/s1. The van der Waals surface area contributed by atoms with Gasteiger partial charge in [-0.25, -0.2) is 4.68 Å². The number of hydrogen-bond acceptors (Lipinski definition) is 10. The number of carbonyl (C=O) groups excluding carboxylic acids is 2. The number of hydrogen-bond donors (Lipinski definition) is 6. The molecule has 2 radical (unpaired) electrons. The Labute approximate surface area is 260 Å². The lowest BCUT2D eigenvalue weighted by Crippen LogP contribution is -2.56. The second-order valence-corrected chi connectivity index (χ2v) is 12.3. The van der Waals surface area contributed by atoms with E-state index in [9.17, 15) is 30.0 Å². The van der Waals surface area contributed by atoms with Crippen molar-refractivity contribution in [3.05, 3.63) is 19.5 Å². The van der Waals surface area contributed by atoms with Gasteiger partial charge in [0.1, 0.15) is 30.5 Å². The zero-order valence-electron chi connectivity index (χ0n) is 25.6. The van der Waals surface area contributed by atoms with Gasteiger partial charge in [-0.1, -0.05) is 89.2 Å². The SMILES string of the molecule is [CH2][CH]CSC[C@@H](NC(=O)CCCCCCCCCCCCCCC)C(=O)Nc1cn([C@H]2OC(CO)C(O)C(O)C2O)nn1. The highest BCUT2D eigenvalue weighted by atomic mass is 32.2. The predicted molar refractivity (Wildman–Crippen MR) is 167 cm³/mol. The summed E-state index contributed by atoms with van der Waals surface area (Å²) in [5.74, 6) is 0.337. The number of carbonyl (C=O) groups is 2. The number of aliphatic hydroxyl groups is 4. The molecule has 6 atom stereocenters. The highest BCUT2D eigenvalue weighted by Gasteiger charge is 2.44. The molecule has 1 aliphatic heterocycles. The minimum absolute atomic E-state index is 0.0476. The van der Waals surface area contributed by atoms with Gasteiger partial charge in [0.2, 0.25) is 11.8 Å². The van der Waals surface area contributed by atoms with Crippen molar-refractivity contribution in [1.82, 2.24) is 20.3 Å². The van der Waals surface area contributed by atoms with E-state index in [0.717, 1.165) is 23.9 Å². The van der Waals surface area contributed by atoms with E-state index < -0.39 is 49.2 Å². The molecule has 2 rings (SSSR count). The van der Waals surface area contributed by atoms with E-state index in [1.807, 2.05) is 0 Å². The Balaban J connectivity index is 1.74. The number of anilines is 1. The summed E-state index contributed by atoms with van der Waals surface area (Å²) in [5.41, 5.74) is 0. The fourth-order valence-corrected chi connectivity index (χ4v) is 5.77. The highest BCUT2D eigenvalue weighted by molar-refractivity contribution is 7.99. The molecule has 0 saturated carbocycles. The minimum Gasteiger partial charge on any atom is -0.394 e. The summed E-state index contributed by atoms with van der Waals surface area (Å²) in [6.07, 6.45) is 12.3. The van der Waals surface area contributed by atoms with Crippen molar-refractivity contribution in [2.75, 3.05) is 23.4 Å². The van der Waals surface area contributed by atoms with E-state index >= 15 is 0 Å². The number of aromatic nitrogens is 3. The molecule has 6 N–H and O–H groups in total. The zero-order chi connectivity index (χ0) is 31.5. The second-order valence-electron chi connectivity index (χ2n) is 11.2. The van der Waals surface area contributed by atoms with Crippen molar-refractivity contribution >= 4 is 29.4 Å². The van der Waals surface area contributed by atoms with E-state index in [-0.39, 0.29) is 11.7 Å². The molecule has 0 aliphatic carbocycles. The third kappa shape index (κ3) is 13.8. The first kappa shape index (κ1) is 37.4. The Hall–Kier alpha value is -1.77. The van der Waals surface area contributed by atoms with Crippen LogP contribution in [-0.2, 0) is 14.3 Å². The summed E-state index contributed by atoms with van der Waals surface area (Å²) in [6, 6.07) is -0.808. The van der Waals surface area contributed by atoms with Crippen LogP contribution in [0.25, 0.3) is 0 Å². The summed E-state index contributed by atoms with van der Waals surface area (Å²) >= 11 is 1.46. The number of amides is 2. The number of nitrogens with zero attached hydrogens (tertiary/aromatic N) is 3. The van der Waals surface area contributed by atoms with Crippen LogP contribution >= 0.6 is 11.8 Å². The van der Waals surface area contributed by atoms with E-state index in [0.29, 0.717) is 17.9 Å². The molecule has 12 nitrogen and oxygen atoms in total. The Morgan fingerprint density at radius 1 is 1.00 bits per heavy atom. The molecular weight excluding hydrogens is 574 g/mol. The van der Waals surface area contributed by atoms with Crippen molar-refractivity contribution in [2.24, 2.45) is 0 Å². The van der Waals surface area contributed by atoms with Crippen molar-refractivity contribution < 1.29 is 34.8 Å². The van der Waals surface area contributed by atoms with Crippen LogP contribution in [0.1, 0.15) is 103 Å². The van der Waals surface area contributed by atoms with E-state index in [4.69, 9.17) is 4.74 Å². The number of unbranched alkanes of at least 4 members (excludes halogenated alkanes) is 12. The van der Waals surface area contributed by atoms with Crippen molar-refractivity contribution in [3.63, 3.8) is 0 Å². The quantitative estimate of drug-likeness (QED) is 0.0988. The molecule has 1 aromatic rings. The average Bonchev–Trinajstić information content (AvgIpc) is 3.46. The van der Waals surface area contributed by atoms with Crippen molar-refractivity contribution in [2.45, 2.75) is 134 Å². The fraction of sp³-hybridized carbons (Fsp3) is 0.800. The van der Waals surface area contributed by atoms with Gasteiger partial charge < -0.3 is 35.8 Å². The lowest BCUT2D eigenvalue weighted by Gasteiger charge is -2.39. The Morgan fingerprint density at radius 2 is 1.60 bits per heavy atom. The van der Waals surface area contributed by atoms with Crippen LogP contribution in [0, 0.1) is 13.3 Å². The van der Waals surface area contributed by atoms with Gasteiger partial charge in [0.05, 0.1) is 12.8 Å². The Morgan fingerprint density at radius 3 is 2.19 bits per heavy atom. The Bertz CT molecular complexity index is 906. The number of rotatable bonds is 23. The normalized spacial score (nSPS) is 22.8. The van der Waals surface area contributed by atoms with Crippen LogP contribution < -0.4 is 10.6 Å². The second kappa shape index (κ2) is 21.9. The largest absolute Gasteiger partial charge is 0.394 e. The number of ether oxygens (including phenoxy) is 1. The number of thioether (sulfide) groups is 1. The summed E-state index contributed by atoms with van der Waals surface area (Å²) in [5, 5.41) is 52.9. The summed E-state index contributed by atoms with van der Waals surface area (Å²) in [6.45, 7) is 5.35. The lowest BCUT2D eigenvalue weighted by molar-refractivity contribution is -0.254. The molecule has 0 spiro atoms. The third-order valence-corrected chi connectivity index (χ3v) is 8.61. The minimum atomic E-state index is -1.57. The maximum Gasteiger partial charge on any atom is 0.249 e. The van der Waals surface area contributed by atoms with E-state index in [2.05, 4.69) is 34.8 Å². The molecule has 43 heavy (non-hydrogen) atoms. The molecule has 1 aromatic heterocycles. The molecule has 0 aromatic carbocycles. The van der Waals surface area contributed by atoms with Crippen LogP contribution in [0.3, 0.4) is 0 Å². The van der Waals surface area contributed by atoms with Gasteiger partial charge in [0.15, 0.2) is 12.0 Å².